The zero-order valence-corrected chi connectivity index (χ0v) is 18.9. The van der Waals surface area contributed by atoms with Gasteiger partial charge in [0.15, 0.2) is 23.2 Å². The van der Waals surface area contributed by atoms with Gasteiger partial charge >= 0.3 is 0 Å². The minimum Gasteiger partial charge on any atom is -0.491 e. The predicted octanol–water partition coefficient (Wildman–Crippen LogP) is 7.64. The summed E-state index contributed by atoms with van der Waals surface area (Å²) in [6.45, 7) is 1.78. The quantitative estimate of drug-likeness (QED) is 0.219. The molecule has 0 fully saturated rings. The summed E-state index contributed by atoms with van der Waals surface area (Å²) in [6.07, 6.45) is 3.05. The summed E-state index contributed by atoms with van der Waals surface area (Å²) in [6, 6.07) is 18.9. The lowest BCUT2D eigenvalue weighted by molar-refractivity contribution is 0.282. The fraction of sp³-hybridized carbons (Fsp3) is 0.103. The van der Waals surface area contributed by atoms with Gasteiger partial charge in [0.25, 0.3) is 0 Å². The van der Waals surface area contributed by atoms with Crippen LogP contribution in [0.3, 0.4) is 0 Å². The Bertz CT molecular complexity index is 1360. The number of aliphatic hydroxyl groups excluding tert-OH is 1. The van der Waals surface area contributed by atoms with E-state index in [1.54, 1.807) is 61.5 Å². The van der Waals surface area contributed by atoms with Crippen LogP contribution >= 0.6 is 0 Å². The van der Waals surface area contributed by atoms with E-state index in [9.17, 15) is 17.6 Å². The minimum atomic E-state index is -1.04. The van der Waals surface area contributed by atoms with E-state index in [0.29, 0.717) is 22.3 Å². The molecule has 2 nitrogen and oxygen atoms in total. The zero-order valence-electron chi connectivity index (χ0n) is 18.9. The second-order valence-corrected chi connectivity index (χ2v) is 7.81. The van der Waals surface area contributed by atoms with Crippen molar-refractivity contribution < 1.29 is 27.4 Å². The van der Waals surface area contributed by atoms with E-state index in [1.165, 1.54) is 30.3 Å². The molecule has 0 aliphatic rings. The highest BCUT2D eigenvalue weighted by atomic mass is 19.2. The zero-order chi connectivity index (χ0) is 24.9. The van der Waals surface area contributed by atoms with Crippen molar-refractivity contribution in [2.75, 3.05) is 6.61 Å². The van der Waals surface area contributed by atoms with Gasteiger partial charge in [-0.1, -0.05) is 72.8 Å². The van der Waals surface area contributed by atoms with Crippen LogP contribution in [0.15, 0.2) is 72.8 Å². The van der Waals surface area contributed by atoms with E-state index in [2.05, 4.69) is 0 Å². The largest absolute Gasteiger partial charge is 0.491 e. The summed E-state index contributed by atoms with van der Waals surface area (Å²) in [4.78, 5) is 0. The second-order valence-electron chi connectivity index (χ2n) is 7.81. The first kappa shape index (κ1) is 24.2. The summed E-state index contributed by atoms with van der Waals surface area (Å²) in [5, 5.41) is 9.13. The third kappa shape index (κ3) is 5.12. The van der Waals surface area contributed by atoms with E-state index >= 15 is 0 Å². The Morgan fingerprint density at radius 3 is 1.83 bits per heavy atom. The highest BCUT2D eigenvalue weighted by Crippen LogP contribution is 2.31. The van der Waals surface area contributed by atoms with Crippen molar-refractivity contribution in [2.45, 2.75) is 13.5 Å². The molecule has 35 heavy (non-hydrogen) atoms. The van der Waals surface area contributed by atoms with Gasteiger partial charge in [-0.05, 0) is 41.3 Å². The third-order valence-electron chi connectivity index (χ3n) is 5.58. The fourth-order valence-corrected chi connectivity index (χ4v) is 3.69. The molecule has 0 spiro atoms. The maximum Gasteiger partial charge on any atom is 0.201 e. The normalized spacial score (nSPS) is 11.3. The number of hydrogen-bond donors (Lipinski definition) is 1. The van der Waals surface area contributed by atoms with Crippen molar-refractivity contribution in [3.63, 3.8) is 0 Å². The molecule has 0 aliphatic carbocycles. The number of aliphatic hydroxyl groups is 1. The average Bonchev–Trinajstić information content (AvgIpc) is 2.88. The molecule has 6 heteroatoms. The molecule has 178 valence electrons. The Morgan fingerprint density at radius 2 is 1.23 bits per heavy atom. The first-order valence-electron chi connectivity index (χ1n) is 11.0. The molecule has 0 amide bonds. The van der Waals surface area contributed by atoms with Gasteiger partial charge in [-0.3, -0.25) is 0 Å². The standard InChI is InChI=1S/C29H22F4O2/c1-2-35-25-16-15-24(28(32)29(25)33)20-8-3-18(4-9-20)5-12-22-13-14-23(27(31)26(22)30)21-10-6-19(17-34)7-11-21/h3-16,34H,2,17H2,1H3. The number of ether oxygens (including phenoxy) is 1. The van der Waals surface area contributed by atoms with Gasteiger partial charge < -0.3 is 9.84 Å². The van der Waals surface area contributed by atoms with Crippen LogP contribution < -0.4 is 4.74 Å². The molecular weight excluding hydrogens is 456 g/mol. The van der Waals surface area contributed by atoms with Crippen molar-refractivity contribution in [3.05, 3.63) is 113 Å². The van der Waals surface area contributed by atoms with Crippen LogP contribution in [0.5, 0.6) is 5.75 Å². The van der Waals surface area contributed by atoms with Crippen LogP contribution in [0.2, 0.25) is 0 Å². The molecule has 1 N–H and O–H groups in total. The molecule has 0 radical (unpaired) electrons. The average molecular weight is 478 g/mol. The van der Waals surface area contributed by atoms with Crippen LogP contribution in [0.25, 0.3) is 34.4 Å². The van der Waals surface area contributed by atoms with Crippen molar-refractivity contribution in [1.29, 1.82) is 0 Å². The van der Waals surface area contributed by atoms with Gasteiger partial charge in [0, 0.05) is 16.7 Å². The lowest BCUT2D eigenvalue weighted by Gasteiger charge is -2.09. The topological polar surface area (TPSA) is 29.5 Å². The van der Waals surface area contributed by atoms with E-state index in [0.717, 1.165) is 0 Å². The van der Waals surface area contributed by atoms with E-state index in [4.69, 9.17) is 9.84 Å². The van der Waals surface area contributed by atoms with Gasteiger partial charge in [0.05, 0.1) is 13.2 Å². The first-order chi connectivity index (χ1) is 16.9. The maximum atomic E-state index is 14.7. The highest BCUT2D eigenvalue weighted by Gasteiger charge is 2.16. The number of rotatable bonds is 7. The molecule has 4 aromatic rings. The van der Waals surface area contributed by atoms with Crippen LogP contribution in [-0.2, 0) is 6.61 Å². The second kappa shape index (κ2) is 10.6. The van der Waals surface area contributed by atoms with E-state index < -0.39 is 23.3 Å². The molecular formula is C29H22F4O2. The summed E-state index contributed by atoms with van der Waals surface area (Å²) in [5.74, 6) is -4.13. The maximum absolute atomic E-state index is 14.7. The number of halogens is 4. The van der Waals surface area contributed by atoms with E-state index in [-0.39, 0.29) is 35.7 Å². The lowest BCUT2D eigenvalue weighted by Crippen LogP contribution is -1.98. The van der Waals surface area contributed by atoms with Gasteiger partial charge in [0.2, 0.25) is 5.82 Å². The van der Waals surface area contributed by atoms with Gasteiger partial charge in [-0.15, -0.1) is 0 Å². The van der Waals surface area contributed by atoms with Crippen molar-refractivity contribution in [3.8, 4) is 28.0 Å². The fourth-order valence-electron chi connectivity index (χ4n) is 3.69. The Labute approximate surface area is 200 Å². The van der Waals surface area contributed by atoms with Gasteiger partial charge in [-0.25, -0.2) is 13.2 Å². The lowest BCUT2D eigenvalue weighted by atomic mass is 10.00. The molecule has 0 bridgehead atoms. The molecule has 0 aromatic heterocycles. The predicted molar refractivity (Wildman–Crippen MR) is 130 cm³/mol. The smallest absolute Gasteiger partial charge is 0.201 e. The number of hydrogen-bond acceptors (Lipinski definition) is 2. The monoisotopic (exact) mass is 478 g/mol. The molecule has 0 heterocycles. The Kier molecular flexibility index (Phi) is 7.32. The van der Waals surface area contributed by atoms with Crippen molar-refractivity contribution in [1.82, 2.24) is 0 Å². The summed E-state index contributed by atoms with van der Waals surface area (Å²) >= 11 is 0. The summed E-state index contributed by atoms with van der Waals surface area (Å²) in [5.41, 5.74) is 2.61. The molecule has 0 saturated carbocycles. The van der Waals surface area contributed by atoms with Gasteiger partial charge in [-0.2, -0.15) is 4.39 Å². The Morgan fingerprint density at radius 1 is 0.657 bits per heavy atom. The Hall–Kier alpha value is -3.90. The molecule has 0 aliphatic heterocycles. The number of benzene rings is 4. The Balaban J connectivity index is 1.54. The molecule has 4 rings (SSSR count). The van der Waals surface area contributed by atoms with E-state index in [1.807, 2.05) is 0 Å². The van der Waals surface area contributed by atoms with Gasteiger partial charge in [0.1, 0.15) is 0 Å². The SMILES string of the molecule is CCOc1ccc(-c2ccc(C=Cc3ccc(-c4ccc(CO)cc4)c(F)c3F)cc2)c(F)c1F. The van der Waals surface area contributed by atoms with Crippen LogP contribution in [-0.4, -0.2) is 11.7 Å². The molecule has 4 aromatic carbocycles. The first-order valence-corrected chi connectivity index (χ1v) is 11.0. The van der Waals surface area contributed by atoms with Crippen LogP contribution in [0, 0.1) is 23.3 Å². The highest BCUT2D eigenvalue weighted by molar-refractivity contribution is 5.74. The molecule has 0 atom stereocenters. The summed E-state index contributed by atoms with van der Waals surface area (Å²) < 4.78 is 63.1. The van der Waals surface area contributed by atoms with Crippen molar-refractivity contribution >= 4 is 12.2 Å². The van der Waals surface area contributed by atoms with Crippen LogP contribution in [0.4, 0.5) is 17.6 Å². The third-order valence-corrected chi connectivity index (χ3v) is 5.58. The molecule has 0 saturated heterocycles. The summed E-state index contributed by atoms with van der Waals surface area (Å²) in [7, 11) is 0. The minimum absolute atomic E-state index is 0.0712. The van der Waals surface area contributed by atoms with Crippen LogP contribution in [0.1, 0.15) is 23.6 Å². The molecule has 0 unspecified atom stereocenters. The van der Waals surface area contributed by atoms with Crippen molar-refractivity contribution in [2.24, 2.45) is 0 Å².